The van der Waals surface area contributed by atoms with E-state index < -0.39 is 0 Å². The van der Waals surface area contributed by atoms with Gasteiger partial charge in [0.05, 0.1) is 0 Å². The van der Waals surface area contributed by atoms with Crippen molar-refractivity contribution in [1.29, 1.82) is 0 Å². The molecule has 7 nitrogen and oxygen atoms in total. The van der Waals surface area contributed by atoms with Crippen LogP contribution in [-0.4, -0.2) is 43.8 Å². The zero-order chi connectivity index (χ0) is 19.1. The maximum Gasteiger partial charge on any atom is 0.274 e. The van der Waals surface area contributed by atoms with E-state index in [0.29, 0.717) is 17.9 Å². The SMILES string of the molecule is CC1Cc2cc(CN(C)C(=O)c3cc(C(C)C)c4nncn4n3)ccc2O1. The summed E-state index contributed by atoms with van der Waals surface area (Å²) in [5.74, 6) is 1.04. The smallest absolute Gasteiger partial charge is 0.274 e. The minimum Gasteiger partial charge on any atom is -0.490 e. The molecule has 0 saturated carbocycles. The molecule has 1 aliphatic rings. The molecule has 3 heterocycles. The lowest BCUT2D eigenvalue weighted by Gasteiger charge is -2.18. The van der Waals surface area contributed by atoms with Crippen LogP contribution in [0.25, 0.3) is 5.65 Å². The predicted molar refractivity (Wildman–Crippen MR) is 101 cm³/mol. The fourth-order valence-corrected chi connectivity index (χ4v) is 3.49. The fourth-order valence-electron chi connectivity index (χ4n) is 3.49. The van der Waals surface area contributed by atoms with Gasteiger partial charge >= 0.3 is 0 Å². The highest BCUT2D eigenvalue weighted by atomic mass is 16.5. The third kappa shape index (κ3) is 3.25. The molecule has 2 aromatic heterocycles. The number of amides is 1. The van der Waals surface area contributed by atoms with E-state index in [9.17, 15) is 4.79 Å². The highest BCUT2D eigenvalue weighted by molar-refractivity contribution is 5.92. The third-order valence-electron chi connectivity index (χ3n) is 4.86. The number of hydrogen-bond acceptors (Lipinski definition) is 5. The van der Waals surface area contributed by atoms with E-state index in [1.165, 1.54) is 11.9 Å². The Bertz CT molecular complexity index is 1010. The molecule has 4 rings (SSSR count). The number of fused-ring (bicyclic) bond motifs is 2. The van der Waals surface area contributed by atoms with Crippen molar-refractivity contribution in [3.63, 3.8) is 0 Å². The van der Waals surface area contributed by atoms with Gasteiger partial charge in [0.25, 0.3) is 5.91 Å². The van der Waals surface area contributed by atoms with Crippen LogP contribution in [0, 0.1) is 0 Å². The largest absolute Gasteiger partial charge is 0.490 e. The van der Waals surface area contributed by atoms with Crippen molar-refractivity contribution in [2.75, 3.05) is 7.05 Å². The van der Waals surface area contributed by atoms with E-state index >= 15 is 0 Å². The van der Waals surface area contributed by atoms with Crippen LogP contribution in [0.5, 0.6) is 5.75 Å². The molecule has 0 aliphatic carbocycles. The number of ether oxygens (including phenoxy) is 1. The normalized spacial score (nSPS) is 15.8. The summed E-state index contributed by atoms with van der Waals surface area (Å²) in [6, 6.07) is 7.95. The molecular formula is C20H23N5O2. The lowest BCUT2D eigenvalue weighted by Crippen LogP contribution is -2.28. The summed E-state index contributed by atoms with van der Waals surface area (Å²) in [6.45, 7) is 6.71. The van der Waals surface area contributed by atoms with Crippen molar-refractivity contribution in [2.45, 2.75) is 45.8 Å². The van der Waals surface area contributed by atoms with E-state index in [-0.39, 0.29) is 17.9 Å². The summed E-state index contributed by atoms with van der Waals surface area (Å²) >= 11 is 0. The van der Waals surface area contributed by atoms with Gasteiger partial charge in [-0.3, -0.25) is 4.79 Å². The summed E-state index contributed by atoms with van der Waals surface area (Å²) in [6.07, 6.45) is 2.65. The molecule has 1 amide bonds. The van der Waals surface area contributed by atoms with Crippen molar-refractivity contribution in [3.8, 4) is 5.75 Å². The molecular weight excluding hydrogens is 342 g/mol. The van der Waals surface area contributed by atoms with Gasteiger partial charge in [-0.1, -0.05) is 26.0 Å². The number of carbonyl (C=O) groups is 1. The van der Waals surface area contributed by atoms with E-state index in [2.05, 4.69) is 42.1 Å². The lowest BCUT2D eigenvalue weighted by atomic mass is 10.0. The second-order valence-corrected chi connectivity index (χ2v) is 7.47. The average molecular weight is 365 g/mol. The molecule has 0 fully saturated rings. The van der Waals surface area contributed by atoms with E-state index in [0.717, 1.165) is 23.3 Å². The zero-order valence-corrected chi connectivity index (χ0v) is 16.0. The summed E-state index contributed by atoms with van der Waals surface area (Å²) in [7, 11) is 1.79. The molecule has 27 heavy (non-hydrogen) atoms. The Labute approximate surface area is 158 Å². The number of benzene rings is 1. The van der Waals surface area contributed by atoms with Gasteiger partial charge in [-0.2, -0.15) is 9.61 Å². The Balaban J connectivity index is 1.58. The third-order valence-corrected chi connectivity index (χ3v) is 4.86. The van der Waals surface area contributed by atoms with Gasteiger partial charge in [0.1, 0.15) is 23.9 Å². The summed E-state index contributed by atoms with van der Waals surface area (Å²) in [5, 5.41) is 12.4. The van der Waals surface area contributed by atoms with Crippen LogP contribution >= 0.6 is 0 Å². The van der Waals surface area contributed by atoms with Crippen molar-refractivity contribution >= 4 is 11.6 Å². The summed E-state index contributed by atoms with van der Waals surface area (Å²) in [5.41, 5.74) is 4.33. The van der Waals surface area contributed by atoms with Gasteiger partial charge in [0.2, 0.25) is 0 Å². The molecule has 0 N–H and O–H groups in total. The molecule has 0 spiro atoms. The highest BCUT2D eigenvalue weighted by Gasteiger charge is 2.21. The molecule has 1 unspecified atom stereocenters. The number of aromatic nitrogens is 4. The molecule has 0 radical (unpaired) electrons. The Morgan fingerprint density at radius 1 is 1.37 bits per heavy atom. The van der Waals surface area contributed by atoms with Gasteiger partial charge in [-0.05, 0) is 36.1 Å². The van der Waals surface area contributed by atoms with Crippen LogP contribution in [0.3, 0.4) is 0 Å². The van der Waals surface area contributed by atoms with Crippen molar-refractivity contribution in [2.24, 2.45) is 0 Å². The molecule has 0 bridgehead atoms. The Morgan fingerprint density at radius 3 is 2.96 bits per heavy atom. The average Bonchev–Trinajstić information content (AvgIpc) is 3.24. The van der Waals surface area contributed by atoms with Crippen LogP contribution in [0.15, 0.2) is 30.6 Å². The maximum absolute atomic E-state index is 13.0. The zero-order valence-electron chi connectivity index (χ0n) is 16.0. The number of rotatable bonds is 4. The van der Waals surface area contributed by atoms with Crippen molar-refractivity contribution in [1.82, 2.24) is 24.7 Å². The van der Waals surface area contributed by atoms with Gasteiger partial charge in [0.15, 0.2) is 5.65 Å². The monoisotopic (exact) mass is 365 g/mol. The summed E-state index contributed by atoms with van der Waals surface area (Å²) < 4.78 is 7.32. The minimum atomic E-state index is -0.127. The maximum atomic E-state index is 13.0. The quantitative estimate of drug-likeness (QED) is 0.711. The van der Waals surface area contributed by atoms with Crippen molar-refractivity contribution < 1.29 is 9.53 Å². The Kier molecular flexibility index (Phi) is 4.30. The number of nitrogens with zero attached hydrogens (tertiary/aromatic N) is 5. The molecule has 1 aliphatic heterocycles. The Morgan fingerprint density at radius 2 is 2.19 bits per heavy atom. The van der Waals surface area contributed by atoms with Crippen LogP contribution < -0.4 is 4.74 Å². The lowest BCUT2D eigenvalue weighted by molar-refractivity contribution is 0.0777. The topological polar surface area (TPSA) is 72.6 Å². The van der Waals surface area contributed by atoms with Gasteiger partial charge in [-0.25, -0.2) is 0 Å². The van der Waals surface area contributed by atoms with E-state index in [4.69, 9.17) is 4.74 Å². The predicted octanol–water partition coefficient (Wildman–Crippen LogP) is 2.84. The first-order valence-corrected chi connectivity index (χ1v) is 9.17. The molecule has 7 heteroatoms. The minimum absolute atomic E-state index is 0.127. The van der Waals surface area contributed by atoms with Crippen molar-refractivity contribution in [3.05, 3.63) is 53.0 Å². The molecule has 1 aromatic carbocycles. The highest BCUT2D eigenvalue weighted by Crippen LogP contribution is 2.29. The molecule has 3 aromatic rings. The molecule has 1 atom stereocenters. The molecule has 140 valence electrons. The standard InChI is InChI=1S/C20H23N5O2/c1-12(2)16-9-17(23-25-11-21-22-19(16)25)20(26)24(4)10-14-5-6-18-15(8-14)7-13(3)27-18/h5-6,8-9,11-13H,7,10H2,1-4H3. The van der Waals surface area contributed by atoms with E-state index in [1.807, 2.05) is 18.2 Å². The Hall–Kier alpha value is -2.96. The number of carbonyl (C=O) groups excluding carboxylic acids is 1. The van der Waals surface area contributed by atoms with E-state index in [1.54, 1.807) is 16.5 Å². The van der Waals surface area contributed by atoms with Crippen LogP contribution in [0.2, 0.25) is 0 Å². The van der Waals surface area contributed by atoms with Crippen LogP contribution in [0.1, 0.15) is 53.9 Å². The first kappa shape index (κ1) is 17.5. The summed E-state index contributed by atoms with van der Waals surface area (Å²) in [4.78, 5) is 14.6. The van der Waals surface area contributed by atoms with Gasteiger partial charge in [0, 0.05) is 25.6 Å². The first-order valence-electron chi connectivity index (χ1n) is 9.17. The van der Waals surface area contributed by atoms with Gasteiger partial charge < -0.3 is 9.64 Å². The number of hydrogen-bond donors (Lipinski definition) is 0. The first-order chi connectivity index (χ1) is 12.9. The fraction of sp³-hybridized carbons (Fsp3) is 0.400. The molecule has 0 saturated heterocycles. The second kappa shape index (κ2) is 6.64. The van der Waals surface area contributed by atoms with Crippen LogP contribution in [-0.2, 0) is 13.0 Å². The van der Waals surface area contributed by atoms with Gasteiger partial charge in [-0.15, -0.1) is 10.2 Å². The van der Waals surface area contributed by atoms with Crippen LogP contribution in [0.4, 0.5) is 0 Å². The second-order valence-electron chi connectivity index (χ2n) is 7.47.